The third-order valence-corrected chi connectivity index (χ3v) is 5.22. The summed E-state index contributed by atoms with van der Waals surface area (Å²) in [6, 6.07) is 13.6. The average Bonchev–Trinajstić information content (AvgIpc) is 3.17. The largest absolute Gasteiger partial charge is 0.497 e. The van der Waals surface area contributed by atoms with Crippen molar-refractivity contribution in [3.8, 4) is 5.75 Å². The van der Waals surface area contributed by atoms with E-state index >= 15 is 0 Å². The Kier molecular flexibility index (Phi) is 5.84. The number of amides is 1. The summed E-state index contributed by atoms with van der Waals surface area (Å²) in [5.41, 5.74) is 2.07. The number of hydrogen-bond donors (Lipinski definition) is 1. The predicted molar refractivity (Wildman–Crippen MR) is 111 cm³/mol. The summed E-state index contributed by atoms with van der Waals surface area (Å²) < 4.78 is 20.6. The molecule has 0 fully saturated rings. The van der Waals surface area contributed by atoms with E-state index in [-0.39, 0.29) is 24.0 Å². The molecule has 1 N–H and O–H groups in total. The molecule has 0 aliphatic heterocycles. The Hall–Kier alpha value is -3.53. The molecule has 4 aromatic rings. The van der Waals surface area contributed by atoms with Crippen LogP contribution in [0.2, 0.25) is 0 Å². The smallest absolute Gasteiger partial charge is 0.234 e. The van der Waals surface area contributed by atoms with Crippen molar-refractivity contribution in [3.05, 3.63) is 66.2 Å². The average molecular weight is 424 g/mol. The first-order valence-electron chi connectivity index (χ1n) is 8.98. The first-order valence-corrected chi connectivity index (χ1v) is 9.97. The van der Waals surface area contributed by atoms with Crippen molar-refractivity contribution in [3.63, 3.8) is 0 Å². The van der Waals surface area contributed by atoms with Crippen LogP contribution in [0, 0.1) is 5.82 Å². The summed E-state index contributed by atoms with van der Waals surface area (Å²) in [7, 11) is 1.57. The highest BCUT2D eigenvalue weighted by Crippen LogP contribution is 2.24. The number of fused-ring (bicyclic) bond motifs is 1. The first-order chi connectivity index (χ1) is 14.6. The number of carbonyl (C=O) groups is 1. The molecular formula is C20H17FN6O2S. The van der Waals surface area contributed by atoms with Crippen LogP contribution in [0.4, 0.5) is 10.1 Å². The van der Waals surface area contributed by atoms with E-state index in [1.165, 1.54) is 28.8 Å². The maximum Gasteiger partial charge on any atom is 0.234 e. The minimum Gasteiger partial charge on any atom is -0.497 e. The zero-order valence-electron chi connectivity index (χ0n) is 15.9. The number of nitrogens with zero attached hydrogens (tertiary/aromatic N) is 5. The highest BCUT2D eigenvalue weighted by molar-refractivity contribution is 8.00. The molecule has 0 spiro atoms. The molecule has 0 saturated carbocycles. The predicted octanol–water partition coefficient (Wildman–Crippen LogP) is 3.15. The van der Waals surface area contributed by atoms with E-state index in [1.807, 2.05) is 0 Å². The fourth-order valence-corrected chi connectivity index (χ4v) is 3.53. The zero-order valence-corrected chi connectivity index (χ0v) is 16.8. The summed E-state index contributed by atoms with van der Waals surface area (Å²) in [6.45, 7) is 0.195. The van der Waals surface area contributed by atoms with Crippen LogP contribution in [-0.4, -0.2) is 43.7 Å². The summed E-state index contributed by atoms with van der Waals surface area (Å²) in [6.07, 6.45) is 1.38. The lowest BCUT2D eigenvalue weighted by Crippen LogP contribution is -2.14. The summed E-state index contributed by atoms with van der Waals surface area (Å²) in [5.74, 6) is 0.269. The normalized spacial score (nSPS) is 10.9. The van der Waals surface area contributed by atoms with Gasteiger partial charge in [0.05, 0.1) is 19.4 Å². The Morgan fingerprint density at radius 2 is 2.07 bits per heavy atom. The SMILES string of the molecule is COc1cccc(NC(=O)CSc2ncnc3c2nnn3Cc2ccccc2F)c1. The van der Waals surface area contributed by atoms with Gasteiger partial charge in [-0.2, -0.15) is 0 Å². The molecule has 30 heavy (non-hydrogen) atoms. The van der Waals surface area contributed by atoms with Crippen molar-refractivity contribution >= 4 is 34.5 Å². The zero-order chi connectivity index (χ0) is 20.9. The first kappa shape index (κ1) is 19.8. The maximum atomic E-state index is 13.9. The van der Waals surface area contributed by atoms with Gasteiger partial charge in [-0.15, -0.1) is 5.10 Å². The van der Waals surface area contributed by atoms with Crippen molar-refractivity contribution in [1.29, 1.82) is 0 Å². The van der Waals surface area contributed by atoms with Crippen LogP contribution in [0.5, 0.6) is 5.75 Å². The molecule has 10 heteroatoms. The Bertz CT molecular complexity index is 1200. The molecule has 2 aromatic heterocycles. The molecule has 2 aromatic carbocycles. The lowest BCUT2D eigenvalue weighted by Gasteiger charge is -2.07. The fourth-order valence-electron chi connectivity index (χ4n) is 2.80. The molecule has 0 atom stereocenters. The highest BCUT2D eigenvalue weighted by atomic mass is 32.2. The van der Waals surface area contributed by atoms with Crippen molar-refractivity contribution in [2.75, 3.05) is 18.2 Å². The molecule has 152 valence electrons. The third-order valence-electron chi connectivity index (χ3n) is 4.24. The maximum absolute atomic E-state index is 13.9. The van der Waals surface area contributed by atoms with E-state index in [0.717, 1.165) is 0 Å². The van der Waals surface area contributed by atoms with Gasteiger partial charge in [-0.1, -0.05) is 41.2 Å². The Labute approximate surface area is 175 Å². The van der Waals surface area contributed by atoms with Crippen LogP contribution in [0.25, 0.3) is 11.2 Å². The molecule has 0 unspecified atom stereocenters. The fraction of sp³-hybridized carbons (Fsp3) is 0.150. The van der Waals surface area contributed by atoms with Crippen LogP contribution in [0.1, 0.15) is 5.56 Å². The second-order valence-electron chi connectivity index (χ2n) is 6.26. The number of anilines is 1. The standard InChI is InChI=1S/C20H17FN6O2S/c1-29-15-7-4-6-14(9-15)24-17(28)11-30-20-18-19(22-12-23-20)27(26-25-18)10-13-5-2-3-8-16(13)21/h2-9,12H,10-11H2,1H3,(H,24,28). The monoisotopic (exact) mass is 424 g/mol. The van der Waals surface area contributed by atoms with Gasteiger partial charge in [0.25, 0.3) is 0 Å². The van der Waals surface area contributed by atoms with Crippen LogP contribution >= 0.6 is 11.8 Å². The van der Waals surface area contributed by atoms with Crippen molar-refractivity contribution in [2.24, 2.45) is 0 Å². The Morgan fingerprint density at radius 3 is 2.90 bits per heavy atom. The number of aromatic nitrogens is 5. The van der Waals surface area contributed by atoms with Gasteiger partial charge in [0.2, 0.25) is 5.91 Å². The molecule has 0 radical (unpaired) electrons. The summed E-state index contributed by atoms with van der Waals surface area (Å²) >= 11 is 1.23. The second kappa shape index (κ2) is 8.87. The Morgan fingerprint density at radius 1 is 1.20 bits per heavy atom. The number of halogens is 1. The van der Waals surface area contributed by atoms with Crippen molar-refractivity contribution < 1.29 is 13.9 Å². The molecule has 0 aliphatic carbocycles. The number of benzene rings is 2. The van der Waals surface area contributed by atoms with Gasteiger partial charge in [0, 0.05) is 17.3 Å². The van der Waals surface area contributed by atoms with Gasteiger partial charge in [-0.3, -0.25) is 4.79 Å². The van der Waals surface area contributed by atoms with Crippen LogP contribution in [0.15, 0.2) is 59.9 Å². The molecule has 0 aliphatic rings. The van der Waals surface area contributed by atoms with Crippen LogP contribution in [0.3, 0.4) is 0 Å². The molecule has 4 rings (SSSR count). The lowest BCUT2D eigenvalue weighted by molar-refractivity contribution is -0.113. The lowest BCUT2D eigenvalue weighted by atomic mass is 10.2. The van der Waals surface area contributed by atoms with Gasteiger partial charge < -0.3 is 10.1 Å². The van der Waals surface area contributed by atoms with E-state index in [9.17, 15) is 9.18 Å². The minimum atomic E-state index is -0.320. The quantitative estimate of drug-likeness (QED) is 0.360. The van der Waals surface area contributed by atoms with Gasteiger partial charge >= 0.3 is 0 Å². The number of methoxy groups -OCH3 is 1. The van der Waals surface area contributed by atoms with Crippen molar-refractivity contribution in [1.82, 2.24) is 25.0 Å². The summed E-state index contributed by atoms with van der Waals surface area (Å²) in [4.78, 5) is 20.7. The van der Waals surface area contributed by atoms with Gasteiger partial charge in [-0.25, -0.2) is 19.0 Å². The molecule has 8 nitrogen and oxygen atoms in total. The van der Waals surface area contributed by atoms with E-state index in [1.54, 1.807) is 49.6 Å². The van der Waals surface area contributed by atoms with E-state index < -0.39 is 0 Å². The second-order valence-corrected chi connectivity index (χ2v) is 7.22. The molecule has 0 bridgehead atoms. The van der Waals surface area contributed by atoms with Gasteiger partial charge in [0.1, 0.15) is 22.9 Å². The van der Waals surface area contributed by atoms with Gasteiger partial charge in [-0.05, 0) is 18.2 Å². The molecule has 1 amide bonds. The number of thioether (sulfide) groups is 1. The Balaban J connectivity index is 1.46. The molecular weight excluding hydrogens is 407 g/mol. The van der Waals surface area contributed by atoms with Gasteiger partial charge in [0.15, 0.2) is 11.2 Å². The number of hydrogen-bond acceptors (Lipinski definition) is 7. The number of ether oxygens (including phenoxy) is 1. The number of rotatable bonds is 7. The number of carbonyl (C=O) groups excluding carboxylic acids is 1. The molecule has 0 saturated heterocycles. The third kappa shape index (κ3) is 4.38. The van der Waals surface area contributed by atoms with E-state index in [2.05, 4.69) is 25.6 Å². The van der Waals surface area contributed by atoms with Crippen LogP contribution in [-0.2, 0) is 11.3 Å². The van der Waals surface area contributed by atoms with E-state index in [4.69, 9.17) is 4.74 Å². The van der Waals surface area contributed by atoms with Crippen LogP contribution < -0.4 is 10.1 Å². The number of nitrogens with one attached hydrogen (secondary N) is 1. The van der Waals surface area contributed by atoms with Crippen molar-refractivity contribution in [2.45, 2.75) is 11.6 Å². The topological polar surface area (TPSA) is 94.8 Å². The highest BCUT2D eigenvalue weighted by Gasteiger charge is 2.15. The minimum absolute atomic E-state index is 0.128. The van der Waals surface area contributed by atoms with E-state index in [0.29, 0.717) is 33.2 Å². The molecule has 2 heterocycles. The summed E-state index contributed by atoms with van der Waals surface area (Å²) in [5, 5.41) is 11.5.